The van der Waals surface area contributed by atoms with Gasteiger partial charge in [-0.3, -0.25) is 5.10 Å². The lowest BCUT2D eigenvalue weighted by Crippen LogP contribution is -2.58. The van der Waals surface area contributed by atoms with Gasteiger partial charge in [0.2, 0.25) is 0 Å². The molecule has 0 unspecified atom stereocenters. The number of nitrogens with two attached hydrogens (primary N) is 1. The smallest absolute Gasteiger partial charge is 0.127 e. The first-order valence-corrected chi connectivity index (χ1v) is 10.4. The number of aromatic amines is 1. The van der Waals surface area contributed by atoms with E-state index in [-0.39, 0.29) is 0 Å². The summed E-state index contributed by atoms with van der Waals surface area (Å²) in [5, 5.41) is 18.0. The molecule has 0 saturated heterocycles. The molecule has 0 radical (unpaired) electrons. The number of rotatable bonds is 4. The number of hydrogen-bond donors (Lipinski definition) is 3. The molecule has 0 amide bonds. The molecule has 0 bridgehead atoms. The Labute approximate surface area is 173 Å². The first kappa shape index (κ1) is 18.2. The van der Waals surface area contributed by atoms with Crippen LogP contribution < -0.4 is 5.73 Å². The largest absolute Gasteiger partial charge is 0.390 e. The van der Waals surface area contributed by atoms with Gasteiger partial charge in [0, 0.05) is 22.9 Å². The normalized spacial score (nSPS) is 23.7. The average Bonchev–Trinajstić information content (AvgIpc) is 3.37. The molecule has 1 saturated carbocycles. The molecule has 29 heavy (non-hydrogen) atoms. The molecule has 146 valence electrons. The van der Waals surface area contributed by atoms with Gasteiger partial charge in [-0.2, -0.15) is 5.10 Å². The first-order valence-electron chi connectivity index (χ1n) is 9.61. The van der Waals surface area contributed by atoms with Crippen LogP contribution in [0.15, 0.2) is 67.0 Å². The van der Waals surface area contributed by atoms with Gasteiger partial charge in [-0.05, 0) is 30.9 Å². The van der Waals surface area contributed by atoms with Crippen LogP contribution in [0.4, 0.5) is 0 Å². The van der Waals surface area contributed by atoms with Crippen molar-refractivity contribution in [3.8, 4) is 32.3 Å². The Morgan fingerprint density at radius 2 is 1.72 bits per heavy atom. The predicted octanol–water partition coefficient (Wildman–Crippen LogP) is 4.57. The number of hydrogen-bond acceptors (Lipinski definition) is 5. The van der Waals surface area contributed by atoms with Gasteiger partial charge in [-0.1, -0.05) is 54.6 Å². The van der Waals surface area contributed by atoms with E-state index in [1.807, 2.05) is 31.3 Å². The molecule has 4 aromatic rings. The number of thiazole rings is 1. The van der Waals surface area contributed by atoms with Crippen molar-refractivity contribution in [1.29, 1.82) is 0 Å². The highest BCUT2D eigenvalue weighted by Gasteiger charge is 2.49. The van der Waals surface area contributed by atoms with Crippen LogP contribution in [-0.4, -0.2) is 25.9 Å². The predicted molar refractivity (Wildman–Crippen MR) is 116 cm³/mol. The van der Waals surface area contributed by atoms with Crippen LogP contribution in [0.2, 0.25) is 0 Å². The van der Waals surface area contributed by atoms with Crippen molar-refractivity contribution in [3.05, 3.63) is 72.6 Å². The van der Waals surface area contributed by atoms with Gasteiger partial charge in [0.15, 0.2) is 0 Å². The van der Waals surface area contributed by atoms with Crippen LogP contribution in [0, 0.1) is 0 Å². The van der Waals surface area contributed by atoms with Gasteiger partial charge >= 0.3 is 0 Å². The Hall–Kier alpha value is -2.80. The molecule has 0 spiro atoms. The number of nitrogens with one attached hydrogen (secondary N) is 1. The summed E-state index contributed by atoms with van der Waals surface area (Å²) in [5.41, 5.74) is 10.6. The SMILES string of the molecule is C[C@]1(O)C[C@](N)(c2ccc(-c3nc(-c4cn[nH]c4)sc3-c3ccccc3)cc2)C1. The van der Waals surface area contributed by atoms with Crippen molar-refractivity contribution in [2.75, 3.05) is 0 Å². The van der Waals surface area contributed by atoms with Crippen LogP contribution in [0.3, 0.4) is 0 Å². The van der Waals surface area contributed by atoms with Crippen LogP contribution in [0.5, 0.6) is 0 Å². The van der Waals surface area contributed by atoms with E-state index in [2.05, 4.69) is 46.6 Å². The second-order valence-electron chi connectivity index (χ2n) is 8.13. The standard InChI is InChI=1S/C23H22N4OS/c1-22(28)13-23(24,14-22)18-9-7-15(8-10-18)19-20(16-5-3-2-4-6-16)29-21(27-19)17-11-25-26-12-17/h2-12,28H,13-14,24H2,1H3,(H,25,26)/t22-,23+. The van der Waals surface area contributed by atoms with Gasteiger partial charge in [0.05, 0.1) is 22.4 Å². The lowest BCUT2D eigenvalue weighted by Gasteiger charge is -2.49. The van der Waals surface area contributed by atoms with Crippen LogP contribution in [0.1, 0.15) is 25.3 Å². The summed E-state index contributed by atoms with van der Waals surface area (Å²) in [7, 11) is 0. The lowest BCUT2D eigenvalue weighted by atomic mass is 9.63. The van der Waals surface area contributed by atoms with Crippen molar-refractivity contribution in [3.63, 3.8) is 0 Å². The quantitative estimate of drug-likeness (QED) is 0.467. The zero-order valence-electron chi connectivity index (χ0n) is 16.1. The van der Waals surface area contributed by atoms with E-state index in [1.54, 1.807) is 17.5 Å². The summed E-state index contributed by atoms with van der Waals surface area (Å²) >= 11 is 1.66. The highest BCUT2D eigenvalue weighted by Crippen LogP contribution is 2.47. The zero-order valence-corrected chi connectivity index (χ0v) is 16.9. The maximum Gasteiger partial charge on any atom is 0.127 e. The average molecular weight is 403 g/mol. The Bertz CT molecular complexity index is 1120. The topological polar surface area (TPSA) is 87.8 Å². The van der Waals surface area contributed by atoms with E-state index < -0.39 is 11.1 Å². The number of aliphatic hydroxyl groups is 1. The van der Waals surface area contributed by atoms with Crippen molar-refractivity contribution >= 4 is 11.3 Å². The Kier molecular flexibility index (Phi) is 4.17. The Balaban J connectivity index is 1.55. The minimum atomic E-state index is -0.664. The minimum Gasteiger partial charge on any atom is -0.390 e. The third-order valence-corrected chi connectivity index (χ3v) is 6.69. The molecule has 2 aromatic heterocycles. The molecular weight excluding hydrogens is 380 g/mol. The van der Waals surface area contributed by atoms with Gasteiger partial charge in [-0.15, -0.1) is 11.3 Å². The monoisotopic (exact) mass is 402 g/mol. The van der Waals surface area contributed by atoms with Crippen LogP contribution in [-0.2, 0) is 5.54 Å². The van der Waals surface area contributed by atoms with E-state index in [0.717, 1.165) is 37.8 Å². The van der Waals surface area contributed by atoms with E-state index in [0.29, 0.717) is 12.8 Å². The third-order valence-electron chi connectivity index (χ3n) is 5.53. The van der Waals surface area contributed by atoms with Crippen LogP contribution >= 0.6 is 11.3 Å². The summed E-state index contributed by atoms with van der Waals surface area (Å²) in [4.78, 5) is 6.06. The number of aromatic nitrogens is 3. The second kappa shape index (κ2) is 6.62. The summed E-state index contributed by atoms with van der Waals surface area (Å²) in [5.74, 6) is 0. The molecule has 1 fully saturated rings. The second-order valence-corrected chi connectivity index (χ2v) is 9.13. The fourth-order valence-corrected chi connectivity index (χ4v) is 5.34. The maximum atomic E-state index is 10.1. The minimum absolute atomic E-state index is 0.450. The highest BCUT2D eigenvalue weighted by atomic mass is 32.1. The summed E-state index contributed by atoms with van der Waals surface area (Å²) in [6.07, 6.45) is 4.81. The van der Waals surface area contributed by atoms with Crippen molar-refractivity contribution in [2.24, 2.45) is 5.73 Å². The molecule has 0 atom stereocenters. The number of nitrogens with zero attached hydrogens (tertiary/aromatic N) is 2. The lowest BCUT2D eigenvalue weighted by molar-refractivity contribution is -0.0738. The molecular formula is C23H22N4OS. The Morgan fingerprint density at radius 3 is 2.34 bits per heavy atom. The van der Waals surface area contributed by atoms with Crippen molar-refractivity contribution in [1.82, 2.24) is 15.2 Å². The first-order chi connectivity index (χ1) is 13.9. The Morgan fingerprint density at radius 1 is 1.00 bits per heavy atom. The molecule has 0 aliphatic heterocycles. The number of benzene rings is 2. The summed E-state index contributed by atoms with van der Waals surface area (Å²) in [6.45, 7) is 1.84. The maximum absolute atomic E-state index is 10.1. The highest BCUT2D eigenvalue weighted by molar-refractivity contribution is 7.19. The van der Waals surface area contributed by atoms with Crippen LogP contribution in [0.25, 0.3) is 32.3 Å². The van der Waals surface area contributed by atoms with Crippen molar-refractivity contribution in [2.45, 2.75) is 30.9 Å². The fraction of sp³-hybridized carbons (Fsp3) is 0.217. The molecule has 1 aliphatic carbocycles. The molecule has 2 heterocycles. The number of H-pyrrole nitrogens is 1. The van der Waals surface area contributed by atoms with E-state index >= 15 is 0 Å². The third kappa shape index (κ3) is 3.29. The summed E-state index contributed by atoms with van der Waals surface area (Å²) in [6, 6.07) is 18.6. The van der Waals surface area contributed by atoms with Gasteiger partial charge in [0.25, 0.3) is 0 Å². The zero-order chi connectivity index (χ0) is 20.1. The van der Waals surface area contributed by atoms with Gasteiger partial charge < -0.3 is 10.8 Å². The molecule has 6 heteroatoms. The fourth-order valence-electron chi connectivity index (χ4n) is 4.26. The molecule has 4 N–H and O–H groups in total. The van der Waals surface area contributed by atoms with Gasteiger partial charge in [0.1, 0.15) is 5.01 Å². The molecule has 5 nitrogen and oxygen atoms in total. The van der Waals surface area contributed by atoms with E-state index in [9.17, 15) is 5.11 Å². The van der Waals surface area contributed by atoms with Crippen molar-refractivity contribution < 1.29 is 5.11 Å². The summed E-state index contributed by atoms with van der Waals surface area (Å²) < 4.78 is 0. The molecule has 5 rings (SSSR count). The molecule has 2 aromatic carbocycles. The van der Waals surface area contributed by atoms with Gasteiger partial charge in [-0.25, -0.2) is 4.98 Å². The van der Waals surface area contributed by atoms with E-state index in [4.69, 9.17) is 10.7 Å². The van der Waals surface area contributed by atoms with E-state index in [1.165, 1.54) is 0 Å². The molecule has 1 aliphatic rings.